The van der Waals surface area contributed by atoms with Crippen molar-refractivity contribution < 1.29 is 19.1 Å². The number of piperidine rings is 1. The van der Waals surface area contributed by atoms with Crippen molar-refractivity contribution in [1.82, 2.24) is 14.7 Å². The van der Waals surface area contributed by atoms with Crippen molar-refractivity contribution in [2.75, 3.05) is 25.0 Å². The molecule has 8 nitrogen and oxygen atoms in total. The van der Waals surface area contributed by atoms with E-state index in [1.54, 1.807) is 22.6 Å². The lowest BCUT2D eigenvalue weighted by molar-refractivity contribution is -0.149. The summed E-state index contributed by atoms with van der Waals surface area (Å²) >= 11 is 0. The van der Waals surface area contributed by atoms with E-state index >= 15 is 0 Å². The molecule has 1 aliphatic heterocycles. The van der Waals surface area contributed by atoms with Gasteiger partial charge in [0, 0.05) is 25.1 Å². The van der Waals surface area contributed by atoms with E-state index in [0.29, 0.717) is 38.4 Å². The van der Waals surface area contributed by atoms with Gasteiger partial charge in [0.1, 0.15) is 5.82 Å². The molecule has 1 saturated heterocycles. The molecule has 2 fully saturated rings. The molecular formula is C22H26N4O4. The lowest BCUT2D eigenvalue weighted by Gasteiger charge is -2.30. The van der Waals surface area contributed by atoms with Gasteiger partial charge in [0.05, 0.1) is 18.2 Å². The van der Waals surface area contributed by atoms with Crippen molar-refractivity contribution >= 4 is 23.6 Å². The molecule has 1 saturated carbocycles. The van der Waals surface area contributed by atoms with Crippen molar-refractivity contribution in [3.63, 3.8) is 0 Å². The van der Waals surface area contributed by atoms with Crippen LogP contribution < -0.4 is 5.32 Å². The Labute approximate surface area is 175 Å². The molecule has 1 aromatic heterocycles. The van der Waals surface area contributed by atoms with Crippen molar-refractivity contribution in [1.29, 1.82) is 0 Å². The number of hydrogen-bond donors (Lipinski definition) is 1. The number of amides is 2. The van der Waals surface area contributed by atoms with Crippen LogP contribution in [0.2, 0.25) is 0 Å². The van der Waals surface area contributed by atoms with E-state index in [-0.39, 0.29) is 35.3 Å². The largest absolute Gasteiger partial charge is 0.466 e. The molecule has 2 amide bonds. The van der Waals surface area contributed by atoms with Crippen LogP contribution in [0, 0.1) is 11.8 Å². The van der Waals surface area contributed by atoms with Gasteiger partial charge in [-0.05, 0) is 44.7 Å². The highest BCUT2D eigenvalue weighted by Crippen LogP contribution is 2.31. The number of nitrogens with one attached hydrogen (secondary N) is 1. The van der Waals surface area contributed by atoms with Crippen LogP contribution >= 0.6 is 0 Å². The fraction of sp³-hybridized carbons (Fsp3) is 0.455. The van der Waals surface area contributed by atoms with E-state index in [1.807, 2.05) is 30.3 Å². The molecule has 1 aliphatic carbocycles. The predicted octanol–water partition coefficient (Wildman–Crippen LogP) is 2.64. The first kappa shape index (κ1) is 20.1. The summed E-state index contributed by atoms with van der Waals surface area (Å²) in [6.07, 6.45) is 2.95. The zero-order valence-electron chi connectivity index (χ0n) is 17.0. The molecule has 4 rings (SSSR count). The van der Waals surface area contributed by atoms with Gasteiger partial charge in [-0.2, -0.15) is 5.10 Å². The second kappa shape index (κ2) is 8.69. The summed E-state index contributed by atoms with van der Waals surface area (Å²) in [7, 11) is 0. The Morgan fingerprint density at radius 1 is 1.07 bits per heavy atom. The van der Waals surface area contributed by atoms with Crippen molar-refractivity contribution in [2.45, 2.75) is 32.6 Å². The Kier molecular flexibility index (Phi) is 5.83. The lowest BCUT2D eigenvalue weighted by Crippen LogP contribution is -2.40. The van der Waals surface area contributed by atoms with Crippen molar-refractivity contribution in [2.24, 2.45) is 11.8 Å². The zero-order valence-corrected chi connectivity index (χ0v) is 17.0. The van der Waals surface area contributed by atoms with Gasteiger partial charge in [0.15, 0.2) is 5.69 Å². The summed E-state index contributed by atoms with van der Waals surface area (Å²) < 4.78 is 6.69. The Morgan fingerprint density at radius 2 is 1.77 bits per heavy atom. The van der Waals surface area contributed by atoms with Crippen LogP contribution in [-0.2, 0) is 14.3 Å². The van der Waals surface area contributed by atoms with Gasteiger partial charge >= 0.3 is 5.97 Å². The van der Waals surface area contributed by atoms with Crippen LogP contribution in [0.25, 0.3) is 5.69 Å². The molecule has 30 heavy (non-hydrogen) atoms. The standard InChI is InChI=1S/C22H26N4O4/c1-2-30-22(29)16-10-12-25(13-11-16)21(28)18-14-19(23-20(27)15-8-9-15)26(24-18)17-6-4-3-5-7-17/h3-7,14-16H,2,8-13H2,1H3,(H,23,27). The second-order valence-corrected chi connectivity index (χ2v) is 7.74. The number of benzene rings is 1. The minimum Gasteiger partial charge on any atom is -0.466 e. The van der Waals surface area contributed by atoms with Gasteiger partial charge in [-0.3, -0.25) is 14.4 Å². The fourth-order valence-corrected chi connectivity index (χ4v) is 3.65. The van der Waals surface area contributed by atoms with Crippen molar-refractivity contribution in [3.8, 4) is 5.69 Å². The fourth-order valence-electron chi connectivity index (χ4n) is 3.65. The molecule has 0 unspecified atom stereocenters. The Hall–Kier alpha value is -3.16. The second-order valence-electron chi connectivity index (χ2n) is 7.74. The molecule has 0 radical (unpaired) electrons. The number of rotatable bonds is 6. The SMILES string of the molecule is CCOC(=O)C1CCN(C(=O)c2cc(NC(=O)C3CC3)n(-c3ccccc3)n2)CC1. The molecule has 2 aromatic rings. The number of esters is 1. The van der Waals surface area contributed by atoms with Gasteiger partial charge in [-0.25, -0.2) is 4.68 Å². The molecule has 1 N–H and O–H groups in total. The van der Waals surface area contributed by atoms with Crippen molar-refractivity contribution in [3.05, 3.63) is 42.1 Å². The summed E-state index contributed by atoms with van der Waals surface area (Å²) in [6, 6.07) is 11.0. The monoisotopic (exact) mass is 410 g/mol. The van der Waals surface area contributed by atoms with Crippen LogP contribution in [0.5, 0.6) is 0 Å². The lowest BCUT2D eigenvalue weighted by atomic mass is 9.97. The number of ether oxygens (including phenoxy) is 1. The first-order valence-electron chi connectivity index (χ1n) is 10.5. The molecule has 8 heteroatoms. The molecule has 2 heterocycles. The van der Waals surface area contributed by atoms with Gasteiger partial charge in [0.25, 0.3) is 5.91 Å². The maximum atomic E-state index is 13.1. The number of likely N-dealkylation sites (tertiary alicyclic amines) is 1. The minimum atomic E-state index is -0.200. The molecule has 1 aromatic carbocycles. The average Bonchev–Trinajstić information content (AvgIpc) is 3.55. The molecule has 0 spiro atoms. The maximum absolute atomic E-state index is 13.1. The van der Waals surface area contributed by atoms with Gasteiger partial charge in [-0.1, -0.05) is 18.2 Å². The maximum Gasteiger partial charge on any atom is 0.309 e. The third kappa shape index (κ3) is 4.37. The number of carbonyl (C=O) groups excluding carboxylic acids is 3. The van der Waals surface area contributed by atoms with Gasteiger partial charge < -0.3 is 15.0 Å². The smallest absolute Gasteiger partial charge is 0.309 e. The van der Waals surface area contributed by atoms with Crippen LogP contribution in [0.1, 0.15) is 43.1 Å². The summed E-state index contributed by atoms with van der Waals surface area (Å²) in [6.45, 7) is 3.11. The summed E-state index contributed by atoms with van der Waals surface area (Å²) in [5.41, 5.74) is 1.04. The quantitative estimate of drug-likeness (QED) is 0.739. The number of anilines is 1. The first-order valence-corrected chi connectivity index (χ1v) is 10.5. The molecule has 158 valence electrons. The number of carbonyl (C=O) groups is 3. The predicted molar refractivity (Wildman–Crippen MR) is 110 cm³/mol. The number of aromatic nitrogens is 2. The van der Waals surface area contributed by atoms with E-state index in [2.05, 4.69) is 10.4 Å². The highest BCUT2D eigenvalue weighted by atomic mass is 16.5. The van der Waals surface area contributed by atoms with E-state index in [9.17, 15) is 14.4 Å². The minimum absolute atomic E-state index is 0.0404. The van der Waals surface area contributed by atoms with E-state index in [0.717, 1.165) is 18.5 Å². The molecule has 2 aliphatic rings. The van der Waals surface area contributed by atoms with Gasteiger partial charge in [-0.15, -0.1) is 0 Å². The summed E-state index contributed by atoms with van der Waals surface area (Å²) in [5.74, 6) is -0.0597. The first-order chi connectivity index (χ1) is 14.6. The number of para-hydroxylation sites is 1. The number of nitrogens with zero attached hydrogens (tertiary/aromatic N) is 3. The van der Waals surface area contributed by atoms with Gasteiger partial charge in [0.2, 0.25) is 5.91 Å². The summed E-state index contributed by atoms with van der Waals surface area (Å²) in [4.78, 5) is 39.0. The highest BCUT2D eigenvalue weighted by Gasteiger charge is 2.32. The Bertz CT molecular complexity index is 928. The average molecular weight is 410 g/mol. The van der Waals surface area contributed by atoms with Crippen LogP contribution in [0.4, 0.5) is 5.82 Å². The van der Waals surface area contributed by atoms with E-state index in [4.69, 9.17) is 4.74 Å². The molecule has 0 atom stereocenters. The third-order valence-corrected chi connectivity index (χ3v) is 5.53. The molecular weight excluding hydrogens is 384 g/mol. The van der Waals surface area contributed by atoms with Crippen LogP contribution in [0.15, 0.2) is 36.4 Å². The van der Waals surface area contributed by atoms with Crippen LogP contribution in [0.3, 0.4) is 0 Å². The molecule has 0 bridgehead atoms. The normalized spacial score (nSPS) is 16.9. The van der Waals surface area contributed by atoms with E-state index in [1.165, 1.54) is 0 Å². The Balaban J connectivity index is 1.51. The third-order valence-electron chi connectivity index (χ3n) is 5.53. The van der Waals surface area contributed by atoms with Crippen LogP contribution in [-0.4, -0.2) is 52.2 Å². The van der Waals surface area contributed by atoms with E-state index < -0.39 is 0 Å². The highest BCUT2D eigenvalue weighted by molar-refractivity contribution is 5.97. The topological polar surface area (TPSA) is 93.5 Å². The number of hydrogen-bond acceptors (Lipinski definition) is 5. The summed E-state index contributed by atoms with van der Waals surface area (Å²) in [5, 5.41) is 7.41. The Morgan fingerprint density at radius 3 is 2.40 bits per heavy atom. The zero-order chi connectivity index (χ0) is 21.1.